The van der Waals surface area contributed by atoms with Gasteiger partial charge < -0.3 is 40.2 Å². The second kappa shape index (κ2) is 17.3. The number of rotatable bonds is 12. The third-order valence-corrected chi connectivity index (χ3v) is 10.9. The smallest absolute Gasteiger partial charge is 0.543 e. The van der Waals surface area contributed by atoms with Crippen molar-refractivity contribution in [3.8, 4) is 11.5 Å². The van der Waals surface area contributed by atoms with Gasteiger partial charge in [-0.15, -0.1) is 22.0 Å². The first-order chi connectivity index (χ1) is 25.5. The quantitative estimate of drug-likeness (QED) is 0.0208. The number of ether oxygens (including phenoxy) is 2. The minimum Gasteiger partial charge on any atom is -0.543 e. The number of urea groups is 1. The molecule has 2 saturated heterocycles. The predicted octanol–water partition coefficient (Wildman–Crippen LogP) is -4.96. The molecule has 24 heteroatoms. The van der Waals surface area contributed by atoms with Crippen LogP contribution in [-0.4, -0.2) is 120 Å². The number of carboxylic acids is 1. The Morgan fingerprint density at radius 1 is 1.07 bits per heavy atom. The fraction of sp³-hybridized carbons (Fsp3) is 0.355. The molecule has 3 atom stereocenters. The summed E-state index contributed by atoms with van der Waals surface area (Å²) in [6, 6.07) is 0.326. The number of fused-ring (bicyclic) bond motifs is 1. The number of aliphatic carboxylic acids is 1. The van der Waals surface area contributed by atoms with Gasteiger partial charge in [-0.2, -0.15) is 0 Å². The first kappa shape index (κ1) is 42.9. The Balaban J connectivity index is 0.00000673. The van der Waals surface area contributed by atoms with Gasteiger partial charge in [0.1, 0.15) is 16.4 Å². The molecule has 284 valence electrons. The average Bonchev–Trinajstić information content (AvgIpc) is 3.56. The second-order valence-electron chi connectivity index (χ2n) is 11.6. The van der Waals surface area contributed by atoms with E-state index in [4.69, 9.17) is 21.7 Å². The van der Waals surface area contributed by atoms with Crippen LogP contribution in [0.2, 0.25) is 0 Å². The number of amides is 7. The van der Waals surface area contributed by atoms with Gasteiger partial charge in [-0.05, 0) is 31.5 Å². The monoisotopic (exact) mass is 824 g/mol. The number of hydrogen-bond donors (Lipinski definition) is 3. The Morgan fingerprint density at radius 3 is 2.33 bits per heavy atom. The number of esters is 2. The fourth-order valence-electron chi connectivity index (χ4n) is 5.73. The maximum absolute atomic E-state index is 14.3. The van der Waals surface area contributed by atoms with E-state index in [9.17, 15) is 48.3 Å². The molecule has 1 aromatic heterocycles. The van der Waals surface area contributed by atoms with E-state index in [2.05, 4.69) is 26.1 Å². The van der Waals surface area contributed by atoms with E-state index in [0.717, 1.165) is 54.0 Å². The normalized spacial score (nSPS) is 19.6. The van der Waals surface area contributed by atoms with Crippen LogP contribution in [0.25, 0.3) is 0 Å². The molecule has 1 aromatic carbocycles. The van der Waals surface area contributed by atoms with Gasteiger partial charge in [-0.25, -0.2) is 4.79 Å². The number of carbonyl (C=O) groups is 9. The number of carboxylic acid groups (broad SMARTS) is 1. The first-order valence-corrected chi connectivity index (χ1v) is 18.0. The molecule has 3 N–H and O–H groups in total. The Bertz CT molecular complexity index is 2060. The van der Waals surface area contributed by atoms with Crippen LogP contribution in [0.3, 0.4) is 0 Å². The van der Waals surface area contributed by atoms with Crippen LogP contribution in [0.5, 0.6) is 11.5 Å². The predicted molar refractivity (Wildman–Crippen MR) is 186 cm³/mol. The number of carbonyl (C=O) groups excluding carboxylic acids is 9. The molecular formula is C31H29N8NaO12S3. The van der Waals surface area contributed by atoms with E-state index in [1.54, 1.807) is 13.8 Å². The summed E-state index contributed by atoms with van der Waals surface area (Å²) in [6.07, 6.45) is 0.0976. The van der Waals surface area contributed by atoms with Gasteiger partial charge in [0.15, 0.2) is 16.5 Å². The minimum atomic E-state index is -2.31. The number of hydrogen-bond acceptors (Lipinski definition) is 17. The second-order valence-corrected chi connectivity index (χ2v) is 14.2. The zero-order valence-corrected chi connectivity index (χ0v) is 34.1. The summed E-state index contributed by atoms with van der Waals surface area (Å²) < 4.78 is 10.3. The van der Waals surface area contributed by atoms with Gasteiger partial charge in [0, 0.05) is 44.8 Å². The molecule has 55 heavy (non-hydrogen) atoms. The number of benzene rings is 1. The maximum atomic E-state index is 14.3. The molecule has 3 aliphatic heterocycles. The Kier molecular flexibility index (Phi) is 13.5. The number of nitrogens with one attached hydrogen (secondary N) is 3. The molecule has 2 fully saturated rings. The van der Waals surface area contributed by atoms with E-state index in [1.807, 2.05) is 0 Å². The average molecular weight is 825 g/mol. The van der Waals surface area contributed by atoms with Gasteiger partial charge in [-0.1, -0.05) is 29.6 Å². The summed E-state index contributed by atoms with van der Waals surface area (Å²) in [5.41, 5.74) is -3.07. The van der Waals surface area contributed by atoms with Crippen molar-refractivity contribution in [1.82, 2.24) is 40.8 Å². The van der Waals surface area contributed by atoms with Crippen molar-refractivity contribution in [3.63, 3.8) is 0 Å². The molecule has 0 saturated carbocycles. The summed E-state index contributed by atoms with van der Waals surface area (Å²) in [5.74, 6) is -8.66. The topological polar surface area (TPSA) is 267 Å². The Morgan fingerprint density at radius 2 is 1.75 bits per heavy atom. The largest absolute Gasteiger partial charge is 1.00 e. The first-order valence-electron chi connectivity index (χ1n) is 15.7. The number of imide groups is 1. The zero-order chi connectivity index (χ0) is 39.6. The molecule has 0 spiro atoms. The summed E-state index contributed by atoms with van der Waals surface area (Å²) in [5, 5.41) is 26.8. The van der Waals surface area contributed by atoms with Crippen LogP contribution in [-0.2, 0) is 38.4 Å². The number of piperazine rings is 1. The molecule has 4 heterocycles. The maximum Gasteiger partial charge on any atom is 1.00 e. The van der Waals surface area contributed by atoms with Crippen molar-refractivity contribution >= 4 is 94.2 Å². The Hall–Kier alpha value is -4.81. The van der Waals surface area contributed by atoms with Crippen LogP contribution in [0.4, 0.5) is 4.79 Å². The molecular weight excluding hydrogens is 796 g/mol. The van der Waals surface area contributed by atoms with E-state index in [-0.39, 0.29) is 93.9 Å². The number of aromatic nitrogens is 2. The van der Waals surface area contributed by atoms with E-state index >= 15 is 0 Å². The van der Waals surface area contributed by atoms with Crippen LogP contribution >= 0.6 is 35.3 Å². The molecule has 3 aliphatic rings. The summed E-state index contributed by atoms with van der Waals surface area (Å²) in [6.45, 7) is 5.36. The molecule has 0 radical (unpaired) electrons. The van der Waals surface area contributed by atoms with Crippen LogP contribution in [0, 0.1) is 6.92 Å². The number of nitrogens with zero attached hydrogens (tertiary/aromatic N) is 5. The van der Waals surface area contributed by atoms with E-state index in [0.29, 0.717) is 9.91 Å². The third kappa shape index (κ3) is 8.40. The number of aryl methyl sites for hydroxylation is 1. The molecule has 20 nitrogen and oxygen atoms in total. The number of thioether (sulfide) groups is 1. The van der Waals surface area contributed by atoms with Gasteiger partial charge >= 0.3 is 59.3 Å². The van der Waals surface area contributed by atoms with Crippen LogP contribution in [0.15, 0.2) is 29.5 Å². The van der Waals surface area contributed by atoms with Crippen molar-refractivity contribution < 1.29 is 87.3 Å². The molecule has 0 aliphatic carbocycles. The van der Waals surface area contributed by atoms with Gasteiger partial charge in [0.25, 0.3) is 5.91 Å². The van der Waals surface area contributed by atoms with Gasteiger partial charge in [0.2, 0.25) is 18.0 Å². The summed E-state index contributed by atoms with van der Waals surface area (Å²) in [4.78, 5) is 118. The molecule has 1 unspecified atom stereocenters. The van der Waals surface area contributed by atoms with E-state index < -0.39 is 70.3 Å². The fourth-order valence-corrected chi connectivity index (χ4v) is 8.25. The van der Waals surface area contributed by atoms with Crippen LogP contribution < -0.4 is 60.1 Å². The zero-order valence-electron chi connectivity index (χ0n) is 29.7. The van der Waals surface area contributed by atoms with Gasteiger partial charge in [-0.3, -0.25) is 43.4 Å². The summed E-state index contributed by atoms with van der Waals surface area (Å²) >= 11 is 7.50. The van der Waals surface area contributed by atoms with Gasteiger partial charge in [0.05, 0.1) is 16.5 Å². The van der Waals surface area contributed by atoms with Crippen molar-refractivity contribution in [2.45, 2.75) is 44.8 Å². The molecule has 7 amide bonds. The Labute approximate surface area is 347 Å². The van der Waals surface area contributed by atoms with Crippen molar-refractivity contribution in [2.24, 2.45) is 0 Å². The number of thiocarbonyl (C=S) groups is 1. The summed E-state index contributed by atoms with van der Waals surface area (Å²) in [7, 11) is 0. The van der Waals surface area contributed by atoms with Crippen molar-refractivity contribution in [2.75, 3.05) is 25.4 Å². The molecule has 2 aromatic rings. The minimum absolute atomic E-state index is 0. The standard InChI is InChI=1S/C31H30N8O12S3.Na/c1-5-37-8-9-38(26(45)25(37)44)30(49)33-20(16-6-7-18(50-14(3)41)19(10-16)51-15(4)42)23(43)34-31(32-12-40)28(48)39-21(27(46)47)17(11-53-29(31)39)22(52)24-36-35-13(2)54-24;/h6-7,10,12,20,29H,5,8-9,11H2,1-4H3,(H,32,40)(H,33,49)(H,34,43)(H,46,47);/q;+1/p-1/t20?,29-,31+;/m0./s1. The number of β-lactam (4-membered cyclic amide) rings is 1. The van der Waals surface area contributed by atoms with Crippen LogP contribution in [0.1, 0.15) is 42.4 Å². The van der Waals surface area contributed by atoms with E-state index in [1.165, 1.54) is 11.0 Å². The SMILES string of the molecule is CCN1CCN(C(=O)NC(C(=O)N[C@]2(NC=O)C(=O)N3C(C(=O)[O-])=C(C(=S)c4nnc(C)s4)CS[C@H]32)c2ccc(OC(C)=O)c(OC(C)=O)c2)C(=O)C1=O.[Na+]. The third-order valence-electron chi connectivity index (χ3n) is 8.14. The molecule has 5 rings (SSSR count). The van der Waals surface area contributed by atoms with Crippen molar-refractivity contribution in [1.29, 1.82) is 0 Å². The number of likely N-dealkylation sites (N-methyl/N-ethyl adjacent to an activating group) is 1. The van der Waals surface area contributed by atoms with Crippen molar-refractivity contribution in [3.05, 3.63) is 45.0 Å². The molecule has 0 bridgehead atoms.